The summed E-state index contributed by atoms with van der Waals surface area (Å²) in [5, 5.41) is 10.8. The van der Waals surface area contributed by atoms with Crippen molar-refractivity contribution in [2.75, 3.05) is 13.7 Å². The van der Waals surface area contributed by atoms with Crippen molar-refractivity contribution in [1.29, 1.82) is 0 Å². The molecule has 3 N–H and O–H groups in total. The molecule has 3 fully saturated rings. The molecule has 0 radical (unpaired) electrons. The van der Waals surface area contributed by atoms with Gasteiger partial charge < -0.3 is 29.7 Å². The quantitative estimate of drug-likeness (QED) is 0.224. The Morgan fingerprint density at radius 2 is 1.90 bits per heavy atom. The van der Waals surface area contributed by atoms with Crippen LogP contribution in [0.15, 0.2) is 54.9 Å². The molecule has 4 aliphatic rings. The van der Waals surface area contributed by atoms with Crippen LogP contribution >= 0.6 is 0 Å². The largest absolute Gasteiger partial charge is 0.497 e. The van der Waals surface area contributed by atoms with E-state index in [1.165, 1.54) is 4.90 Å². The lowest BCUT2D eigenvalue weighted by molar-refractivity contribution is -0.142. The lowest BCUT2D eigenvalue weighted by atomic mass is 9.85. The van der Waals surface area contributed by atoms with Gasteiger partial charge in [0, 0.05) is 46.5 Å². The minimum absolute atomic E-state index is 0. The Labute approximate surface area is 355 Å². The van der Waals surface area contributed by atoms with Crippen molar-refractivity contribution in [2.24, 2.45) is 17.8 Å². The van der Waals surface area contributed by atoms with Crippen LogP contribution in [0.3, 0.4) is 0 Å². The fourth-order valence-corrected chi connectivity index (χ4v) is 9.65. The number of rotatable bonds is 9. The number of ether oxygens (including phenoxy) is 3. The van der Waals surface area contributed by atoms with Crippen molar-refractivity contribution in [3.8, 4) is 17.3 Å². The van der Waals surface area contributed by atoms with Gasteiger partial charge in [-0.2, -0.15) is 5.10 Å². The number of hydrogen-bond donors (Lipinski definition) is 3. The number of methoxy groups -OCH3 is 1. The lowest BCUT2D eigenvalue weighted by Crippen LogP contribution is -2.59. The number of alkyl carbamates (subject to hydrolysis) is 1. The van der Waals surface area contributed by atoms with Crippen LogP contribution in [0.1, 0.15) is 97.2 Å². The zero-order chi connectivity index (χ0) is 43.2. The topological polar surface area (TPSA) is 200 Å². The molecular weight excluding hydrogens is 791 g/mol. The Morgan fingerprint density at radius 3 is 2.57 bits per heavy atom. The van der Waals surface area contributed by atoms with Crippen LogP contribution in [0.25, 0.3) is 16.7 Å². The molecule has 2 aliphatic carbocycles. The van der Waals surface area contributed by atoms with Gasteiger partial charge in [-0.1, -0.05) is 32.4 Å². The predicted molar refractivity (Wildman–Crippen MR) is 229 cm³/mol. The second-order valence-corrected chi connectivity index (χ2v) is 20.3. The number of benzene rings is 1. The van der Waals surface area contributed by atoms with Crippen molar-refractivity contribution in [3.05, 3.63) is 54.9 Å². The summed E-state index contributed by atoms with van der Waals surface area (Å²) in [5.74, 6) is -1.08. The van der Waals surface area contributed by atoms with Crippen LogP contribution in [0, 0.1) is 17.8 Å². The second-order valence-electron chi connectivity index (χ2n) is 18.1. The monoisotopic (exact) mass is 853 g/mol. The third-order valence-corrected chi connectivity index (χ3v) is 14.4. The molecule has 0 spiro atoms. The molecule has 17 heteroatoms. The fraction of sp³-hybridized carbons (Fsp3) is 0.581. The first-order chi connectivity index (χ1) is 28.3. The lowest BCUT2D eigenvalue weighted by Gasteiger charge is -2.34. The molecule has 7 rings (SSSR count). The van der Waals surface area contributed by atoms with Crippen molar-refractivity contribution < 1.29 is 46.1 Å². The maximum Gasteiger partial charge on any atom is 0.408 e. The summed E-state index contributed by atoms with van der Waals surface area (Å²) in [6.45, 7) is 10.8. The standard InChI is InChI=1S/C43H57N7O9S.3H2/c1-8-27-20-26(2)12-9-10-13-28-24-43(28,39(53)48-60(55,56)42(6)16-17-42)47-37(51)33-22-30(25-49(33)38(52)36(27)46-40(54)59-41(3,4)5)58-34-23-35(50-19-11-18-44-50)45-32-21-29(57-7)14-15-31(32)34;;;/h10-11,13-15,18-19,21,23,26-28,30,33,36H,8-9,12,16-17,20,22,24-25H2,1-7H3,(H,46,54)(H,47,51)(H,48,53);3*1H/b13-10-;;;/t26-,27-,28-,30-,33+,36+,43-;;;/m1.../s1. The Morgan fingerprint density at radius 1 is 1.13 bits per heavy atom. The Hall–Kier alpha value is -5.19. The molecule has 4 amide bonds. The van der Waals surface area contributed by atoms with E-state index in [0.717, 1.165) is 6.42 Å². The normalized spacial score (nSPS) is 28.6. The number of carbonyl (C=O) groups excluding carboxylic acids is 4. The van der Waals surface area contributed by atoms with E-state index in [0.29, 0.717) is 60.3 Å². The fourth-order valence-electron chi connectivity index (χ4n) is 8.34. The summed E-state index contributed by atoms with van der Waals surface area (Å²) in [7, 11) is -2.46. The summed E-state index contributed by atoms with van der Waals surface area (Å²) in [4.78, 5) is 63.5. The highest BCUT2D eigenvalue weighted by Gasteiger charge is 2.63. The number of carbonyl (C=O) groups is 4. The maximum atomic E-state index is 15.1. The number of aromatic nitrogens is 3. The maximum absolute atomic E-state index is 15.1. The number of allylic oxidation sites excluding steroid dienone is 1. The summed E-state index contributed by atoms with van der Waals surface area (Å²) in [5.41, 5.74) is -1.82. The van der Waals surface area contributed by atoms with Crippen molar-refractivity contribution in [1.82, 2.24) is 35.0 Å². The van der Waals surface area contributed by atoms with Gasteiger partial charge in [-0.3, -0.25) is 19.1 Å². The molecule has 0 bridgehead atoms. The molecule has 2 aliphatic heterocycles. The van der Waals surface area contributed by atoms with Gasteiger partial charge in [0.1, 0.15) is 40.8 Å². The molecule has 2 aromatic heterocycles. The van der Waals surface area contributed by atoms with Crippen LogP contribution < -0.4 is 24.8 Å². The number of hydrogen-bond acceptors (Lipinski definition) is 11. The molecule has 0 unspecified atom stereocenters. The number of sulfonamides is 1. The SMILES string of the molecule is CC[C@@H]1C[C@H](C)CC/C=C\[C@@H]2C[C@@]2(C(=O)NS(=O)(=O)C2(C)CC2)NC(=O)[C@@H]2C[C@@H](Oc3cc(-n4cccn4)nc4cc(OC)ccc34)CN2C(=O)[C@H]1NC(=O)OC(C)(C)C.[HH].[HH].[HH]. The number of amides is 4. The number of fused-ring (bicyclic) bond motifs is 3. The zero-order valence-corrected chi connectivity index (χ0v) is 36.2. The minimum Gasteiger partial charge on any atom is -0.497 e. The Kier molecular flexibility index (Phi) is 11.7. The summed E-state index contributed by atoms with van der Waals surface area (Å²) in [6, 6.07) is 6.68. The third-order valence-electron chi connectivity index (χ3n) is 12.3. The smallest absolute Gasteiger partial charge is 0.408 e. The number of pyridine rings is 1. The van der Waals surface area contributed by atoms with E-state index in [2.05, 4.69) is 27.4 Å². The van der Waals surface area contributed by atoms with E-state index in [9.17, 15) is 22.8 Å². The van der Waals surface area contributed by atoms with Gasteiger partial charge in [0.2, 0.25) is 21.8 Å². The first kappa shape index (κ1) is 42.9. The van der Waals surface area contributed by atoms with E-state index in [1.807, 2.05) is 25.1 Å². The second kappa shape index (κ2) is 16.3. The Bertz CT molecular complexity index is 2290. The van der Waals surface area contributed by atoms with Crippen LogP contribution in [0.2, 0.25) is 0 Å². The van der Waals surface area contributed by atoms with Gasteiger partial charge >= 0.3 is 6.09 Å². The van der Waals surface area contributed by atoms with Gasteiger partial charge in [-0.15, -0.1) is 0 Å². The van der Waals surface area contributed by atoms with Gasteiger partial charge in [-0.25, -0.2) is 22.9 Å². The van der Waals surface area contributed by atoms with Crippen molar-refractivity contribution >= 4 is 44.7 Å². The molecule has 4 heterocycles. The molecule has 1 saturated heterocycles. The highest BCUT2D eigenvalue weighted by Crippen LogP contribution is 2.48. The summed E-state index contributed by atoms with van der Waals surface area (Å²) in [6.07, 6.45) is 9.40. The molecule has 16 nitrogen and oxygen atoms in total. The van der Waals surface area contributed by atoms with E-state index in [4.69, 9.17) is 19.2 Å². The highest BCUT2D eigenvalue weighted by atomic mass is 32.2. The molecular formula is C43H63N7O9S. The number of nitrogens with one attached hydrogen (secondary N) is 3. The van der Waals surface area contributed by atoms with Gasteiger partial charge in [-0.05, 0) is 96.3 Å². The highest BCUT2D eigenvalue weighted by molar-refractivity contribution is 7.91. The summed E-state index contributed by atoms with van der Waals surface area (Å²) >= 11 is 0. The van der Waals surface area contributed by atoms with Gasteiger partial charge in [0.25, 0.3) is 5.91 Å². The zero-order valence-electron chi connectivity index (χ0n) is 35.4. The van der Waals surface area contributed by atoms with Gasteiger partial charge in [0.15, 0.2) is 5.82 Å². The molecule has 60 heavy (non-hydrogen) atoms. The van der Waals surface area contributed by atoms with Crippen molar-refractivity contribution in [3.63, 3.8) is 0 Å². The molecule has 7 atom stereocenters. The average Bonchev–Trinajstić information content (AvgIpc) is 3.94. The Balaban J connectivity index is 0.00000290. The van der Waals surface area contributed by atoms with Crippen LogP contribution in [-0.4, -0.2) is 99.6 Å². The molecule has 3 aromatic rings. The van der Waals surface area contributed by atoms with Crippen LogP contribution in [0.5, 0.6) is 11.5 Å². The van der Waals surface area contributed by atoms with Crippen LogP contribution in [0.4, 0.5) is 4.79 Å². The predicted octanol–water partition coefficient (Wildman–Crippen LogP) is 5.68. The van der Waals surface area contributed by atoms with Crippen LogP contribution in [-0.2, 0) is 29.1 Å². The first-order valence-electron chi connectivity index (χ1n) is 20.9. The molecule has 2 saturated carbocycles. The summed E-state index contributed by atoms with van der Waals surface area (Å²) < 4.78 is 47.3. The van der Waals surface area contributed by atoms with Crippen molar-refractivity contribution in [2.45, 2.75) is 127 Å². The number of nitrogens with zero attached hydrogens (tertiary/aromatic N) is 4. The third kappa shape index (κ3) is 8.96. The van der Waals surface area contributed by atoms with E-state index in [1.54, 1.807) is 76.1 Å². The average molecular weight is 854 g/mol. The first-order valence-corrected chi connectivity index (χ1v) is 22.3. The van der Waals surface area contributed by atoms with Gasteiger partial charge in [0.05, 0.1) is 23.9 Å². The van der Waals surface area contributed by atoms with E-state index < -0.39 is 73.8 Å². The minimum atomic E-state index is -4.02. The molecule has 330 valence electrons. The molecule has 1 aromatic carbocycles. The van der Waals surface area contributed by atoms with E-state index >= 15 is 4.79 Å². The van der Waals surface area contributed by atoms with E-state index in [-0.39, 0.29) is 35.5 Å².